The Hall–Kier alpha value is -3.24. The lowest BCUT2D eigenvalue weighted by Crippen LogP contribution is -2.07. The zero-order chi connectivity index (χ0) is 19.8. The number of rotatable bonds is 7. The predicted molar refractivity (Wildman–Crippen MR) is 113 cm³/mol. The summed E-state index contributed by atoms with van der Waals surface area (Å²) in [4.78, 5) is 12.1. The average Bonchev–Trinajstić information content (AvgIpc) is 2.73. The van der Waals surface area contributed by atoms with Gasteiger partial charge in [-0.05, 0) is 53.6 Å². The minimum atomic E-state index is -0.231. The summed E-state index contributed by atoms with van der Waals surface area (Å²) < 4.78 is 11.3. The first kappa shape index (κ1) is 19.5. The molecule has 1 amide bonds. The normalized spacial score (nSPS) is 10.6. The third-order valence-electron chi connectivity index (χ3n) is 3.96. The largest absolute Gasteiger partial charge is 0.493 e. The van der Waals surface area contributed by atoms with Crippen LogP contribution in [0.15, 0.2) is 78.9 Å². The van der Waals surface area contributed by atoms with Crippen molar-refractivity contribution < 1.29 is 14.3 Å². The lowest BCUT2D eigenvalue weighted by molar-refractivity contribution is -0.111. The molecule has 5 heteroatoms. The van der Waals surface area contributed by atoms with E-state index in [0.29, 0.717) is 28.8 Å². The summed E-state index contributed by atoms with van der Waals surface area (Å²) in [7, 11) is 1.59. The van der Waals surface area contributed by atoms with Crippen molar-refractivity contribution in [3.8, 4) is 11.5 Å². The van der Waals surface area contributed by atoms with E-state index in [4.69, 9.17) is 21.1 Å². The summed E-state index contributed by atoms with van der Waals surface area (Å²) in [5.41, 5.74) is 2.59. The Balaban J connectivity index is 1.63. The zero-order valence-electron chi connectivity index (χ0n) is 15.4. The molecule has 3 aromatic rings. The SMILES string of the molecule is COc1cc(/C=C/C(=O)Nc2ccc(Cl)cc2)ccc1OCc1ccccc1. The second-order valence-electron chi connectivity index (χ2n) is 6.01. The van der Waals surface area contributed by atoms with Crippen LogP contribution in [0.2, 0.25) is 5.02 Å². The van der Waals surface area contributed by atoms with Crippen molar-refractivity contribution in [1.29, 1.82) is 0 Å². The van der Waals surface area contributed by atoms with Gasteiger partial charge in [0.15, 0.2) is 11.5 Å². The molecule has 3 aromatic carbocycles. The molecule has 0 aliphatic heterocycles. The molecule has 0 spiro atoms. The number of hydrogen-bond acceptors (Lipinski definition) is 3. The van der Waals surface area contributed by atoms with E-state index in [0.717, 1.165) is 11.1 Å². The monoisotopic (exact) mass is 393 g/mol. The molecule has 0 atom stereocenters. The van der Waals surface area contributed by atoms with Crippen molar-refractivity contribution in [3.05, 3.63) is 95.0 Å². The maximum absolute atomic E-state index is 12.1. The first-order valence-electron chi connectivity index (χ1n) is 8.73. The summed E-state index contributed by atoms with van der Waals surface area (Å²) >= 11 is 5.84. The lowest BCUT2D eigenvalue weighted by Gasteiger charge is -2.11. The number of ether oxygens (including phenoxy) is 2. The summed E-state index contributed by atoms with van der Waals surface area (Å²) in [6.45, 7) is 0.454. The molecule has 0 unspecified atom stereocenters. The van der Waals surface area contributed by atoms with E-state index >= 15 is 0 Å². The third kappa shape index (κ3) is 5.63. The van der Waals surface area contributed by atoms with E-state index in [1.807, 2.05) is 48.5 Å². The topological polar surface area (TPSA) is 47.6 Å². The van der Waals surface area contributed by atoms with Crippen LogP contribution in [0, 0.1) is 0 Å². The molecule has 3 rings (SSSR count). The Morgan fingerprint density at radius 2 is 1.75 bits per heavy atom. The number of benzene rings is 3. The molecule has 0 aromatic heterocycles. The molecule has 142 valence electrons. The van der Waals surface area contributed by atoms with Gasteiger partial charge in [-0.15, -0.1) is 0 Å². The molecule has 0 fully saturated rings. The standard InChI is InChI=1S/C23H20ClNO3/c1-27-22-15-17(7-13-21(22)28-16-18-5-3-2-4-6-18)8-14-23(26)25-20-11-9-19(24)10-12-20/h2-15H,16H2,1H3,(H,25,26)/b14-8+. The number of anilines is 1. The minimum Gasteiger partial charge on any atom is -0.493 e. The van der Waals surface area contributed by atoms with Gasteiger partial charge in [0.1, 0.15) is 6.61 Å². The fourth-order valence-electron chi connectivity index (χ4n) is 2.53. The summed E-state index contributed by atoms with van der Waals surface area (Å²) in [5.74, 6) is 1.02. The third-order valence-corrected chi connectivity index (χ3v) is 4.22. The number of carbonyl (C=O) groups is 1. The van der Waals surface area contributed by atoms with Crippen LogP contribution >= 0.6 is 11.6 Å². The summed E-state index contributed by atoms with van der Waals surface area (Å²) in [6.07, 6.45) is 3.18. The van der Waals surface area contributed by atoms with Crippen LogP contribution in [0.3, 0.4) is 0 Å². The van der Waals surface area contributed by atoms with Crippen LogP contribution < -0.4 is 14.8 Å². The van der Waals surface area contributed by atoms with Gasteiger partial charge in [0.25, 0.3) is 0 Å². The second-order valence-corrected chi connectivity index (χ2v) is 6.45. The lowest BCUT2D eigenvalue weighted by atomic mass is 10.2. The molecule has 1 N–H and O–H groups in total. The number of methoxy groups -OCH3 is 1. The van der Waals surface area contributed by atoms with E-state index in [9.17, 15) is 4.79 Å². The first-order valence-corrected chi connectivity index (χ1v) is 9.11. The fraction of sp³-hybridized carbons (Fsp3) is 0.0870. The van der Waals surface area contributed by atoms with Gasteiger partial charge in [0, 0.05) is 16.8 Å². The summed E-state index contributed by atoms with van der Waals surface area (Å²) in [6, 6.07) is 22.4. The number of hydrogen-bond donors (Lipinski definition) is 1. The molecule has 0 saturated carbocycles. The highest BCUT2D eigenvalue weighted by Crippen LogP contribution is 2.29. The molecular formula is C23H20ClNO3. The molecule has 0 aliphatic carbocycles. The van der Waals surface area contributed by atoms with Crippen LogP contribution in [-0.4, -0.2) is 13.0 Å². The van der Waals surface area contributed by atoms with Crippen molar-refractivity contribution in [1.82, 2.24) is 0 Å². The Morgan fingerprint density at radius 1 is 1.00 bits per heavy atom. The van der Waals surface area contributed by atoms with Crippen molar-refractivity contribution >= 4 is 29.3 Å². The van der Waals surface area contributed by atoms with Crippen molar-refractivity contribution in [2.75, 3.05) is 12.4 Å². The number of amides is 1. The molecule has 0 aliphatic rings. The van der Waals surface area contributed by atoms with E-state index in [1.54, 1.807) is 37.5 Å². The Kier molecular flexibility index (Phi) is 6.71. The van der Waals surface area contributed by atoms with E-state index in [2.05, 4.69) is 5.32 Å². The summed E-state index contributed by atoms with van der Waals surface area (Å²) in [5, 5.41) is 3.40. The van der Waals surface area contributed by atoms with Crippen LogP contribution in [0.1, 0.15) is 11.1 Å². The van der Waals surface area contributed by atoms with Crippen molar-refractivity contribution in [2.24, 2.45) is 0 Å². The predicted octanol–water partition coefficient (Wildman–Crippen LogP) is 5.58. The molecule has 4 nitrogen and oxygen atoms in total. The van der Waals surface area contributed by atoms with E-state index in [-0.39, 0.29) is 5.91 Å². The van der Waals surface area contributed by atoms with Gasteiger partial charge in [-0.3, -0.25) is 4.79 Å². The van der Waals surface area contributed by atoms with Gasteiger partial charge in [-0.25, -0.2) is 0 Å². The van der Waals surface area contributed by atoms with Gasteiger partial charge >= 0.3 is 0 Å². The number of nitrogens with one attached hydrogen (secondary N) is 1. The van der Waals surface area contributed by atoms with Gasteiger partial charge < -0.3 is 14.8 Å². The minimum absolute atomic E-state index is 0.231. The van der Waals surface area contributed by atoms with E-state index < -0.39 is 0 Å². The molecule has 0 heterocycles. The highest BCUT2D eigenvalue weighted by molar-refractivity contribution is 6.30. The Labute approximate surface area is 169 Å². The van der Waals surface area contributed by atoms with Gasteiger partial charge in [0.05, 0.1) is 7.11 Å². The molecule has 0 bridgehead atoms. The number of carbonyl (C=O) groups excluding carboxylic acids is 1. The smallest absolute Gasteiger partial charge is 0.248 e. The van der Waals surface area contributed by atoms with Crippen LogP contribution in [0.4, 0.5) is 5.69 Å². The molecule has 0 saturated heterocycles. The van der Waals surface area contributed by atoms with Crippen molar-refractivity contribution in [2.45, 2.75) is 6.61 Å². The van der Waals surface area contributed by atoms with E-state index in [1.165, 1.54) is 6.08 Å². The highest BCUT2D eigenvalue weighted by atomic mass is 35.5. The first-order chi connectivity index (χ1) is 13.6. The fourth-order valence-corrected chi connectivity index (χ4v) is 2.66. The maximum atomic E-state index is 12.1. The highest BCUT2D eigenvalue weighted by Gasteiger charge is 2.06. The quantitative estimate of drug-likeness (QED) is 0.533. The zero-order valence-corrected chi connectivity index (χ0v) is 16.1. The Bertz CT molecular complexity index is 953. The van der Waals surface area contributed by atoms with Crippen LogP contribution in [0.5, 0.6) is 11.5 Å². The Morgan fingerprint density at radius 3 is 2.46 bits per heavy atom. The average molecular weight is 394 g/mol. The van der Waals surface area contributed by atoms with Crippen LogP contribution in [-0.2, 0) is 11.4 Å². The molecule has 28 heavy (non-hydrogen) atoms. The second kappa shape index (κ2) is 9.62. The van der Waals surface area contributed by atoms with Gasteiger partial charge in [-0.1, -0.05) is 48.0 Å². The number of halogens is 1. The molecule has 0 radical (unpaired) electrons. The van der Waals surface area contributed by atoms with Gasteiger partial charge in [0.2, 0.25) is 5.91 Å². The molecular weight excluding hydrogens is 374 g/mol. The van der Waals surface area contributed by atoms with Crippen molar-refractivity contribution in [3.63, 3.8) is 0 Å². The van der Waals surface area contributed by atoms with Gasteiger partial charge in [-0.2, -0.15) is 0 Å². The van der Waals surface area contributed by atoms with Crippen LogP contribution in [0.25, 0.3) is 6.08 Å². The maximum Gasteiger partial charge on any atom is 0.248 e.